The number of unbranched alkanes of at least 4 members (excludes halogenated alkanes) is 24. The number of hydrogen-bond acceptors (Lipinski definition) is 15. The Bertz CT molecular complexity index is 1600. The van der Waals surface area contributed by atoms with Crippen LogP contribution in [0.5, 0.6) is 0 Å². The zero-order valence-corrected chi connectivity index (χ0v) is 53.3. The standard InChI is InChI=1S/C61H118O17P2/c1-8-12-13-14-15-19-28-35-42-58(63)71-48-57(78-61(66)45-38-31-24-22-27-34-41-54(7)11-4)51-76-80(69,70)74-47-55(62)46-73-79(67,68)75-50-56(49-72-59(64)43-36-29-23-21-26-33-40-53(6)10-3)77-60(65)44-37-30-20-17-16-18-25-32-39-52(5)9-2/h52-57,62H,8-51H2,1-7H3,(H,67,68)(H,69,70)/t52?,53?,54?,55-,56-,57-/m1/s1. The first-order valence-electron chi connectivity index (χ1n) is 32.0. The Hall–Kier alpha value is -1.94. The molecule has 0 aliphatic carbocycles. The molecule has 0 saturated heterocycles. The summed E-state index contributed by atoms with van der Waals surface area (Å²) in [5, 5.41) is 10.5. The number of esters is 4. The fourth-order valence-corrected chi connectivity index (χ4v) is 10.4. The summed E-state index contributed by atoms with van der Waals surface area (Å²) in [5.41, 5.74) is 0. The molecule has 0 fully saturated rings. The maximum atomic E-state index is 12.9. The summed E-state index contributed by atoms with van der Waals surface area (Å²) in [6.45, 7) is 11.6. The Morgan fingerprint density at radius 3 is 0.887 bits per heavy atom. The normalized spacial score (nSPS) is 15.5. The number of aliphatic hydroxyl groups excluding tert-OH is 1. The van der Waals surface area contributed by atoms with Gasteiger partial charge in [-0.15, -0.1) is 0 Å². The van der Waals surface area contributed by atoms with Gasteiger partial charge in [0.2, 0.25) is 0 Å². The average molecular weight is 1190 g/mol. The van der Waals surface area contributed by atoms with Crippen molar-refractivity contribution in [2.75, 3.05) is 39.6 Å². The highest BCUT2D eigenvalue weighted by Crippen LogP contribution is 2.45. The highest BCUT2D eigenvalue weighted by Gasteiger charge is 2.30. The second-order valence-corrected chi connectivity index (χ2v) is 25.7. The number of aliphatic hydroxyl groups is 1. The van der Waals surface area contributed by atoms with E-state index in [9.17, 15) is 43.2 Å². The molecule has 17 nitrogen and oxygen atoms in total. The van der Waals surface area contributed by atoms with Crippen molar-refractivity contribution >= 4 is 39.5 Å². The SMILES string of the molecule is CCCCCCCCCCC(=O)OC[C@H](COP(=O)(O)OC[C@H](O)COP(=O)(O)OC[C@@H](COC(=O)CCCCCCCCC(C)CC)OC(=O)CCCCCCCCCCC(C)CC)OC(=O)CCCCCCCCC(C)CC. The largest absolute Gasteiger partial charge is 0.472 e. The fraction of sp³-hybridized carbons (Fsp3) is 0.934. The van der Waals surface area contributed by atoms with Crippen LogP contribution in [0.1, 0.15) is 292 Å². The van der Waals surface area contributed by atoms with Crippen molar-refractivity contribution in [3.8, 4) is 0 Å². The van der Waals surface area contributed by atoms with Crippen LogP contribution in [0.2, 0.25) is 0 Å². The van der Waals surface area contributed by atoms with Gasteiger partial charge in [-0.3, -0.25) is 37.3 Å². The van der Waals surface area contributed by atoms with Crippen molar-refractivity contribution < 1.29 is 80.2 Å². The number of carbonyl (C=O) groups is 4. The van der Waals surface area contributed by atoms with Gasteiger partial charge in [0.05, 0.1) is 26.4 Å². The molecular formula is C61H118O17P2. The Morgan fingerprint density at radius 2 is 0.600 bits per heavy atom. The van der Waals surface area contributed by atoms with E-state index >= 15 is 0 Å². The summed E-state index contributed by atoms with van der Waals surface area (Å²) >= 11 is 0. The molecule has 19 heteroatoms. The molecule has 0 aliphatic heterocycles. The molecule has 0 aromatic carbocycles. The van der Waals surface area contributed by atoms with Crippen molar-refractivity contribution in [1.29, 1.82) is 0 Å². The second kappa shape index (κ2) is 52.6. The van der Waals surface area contributed by atoms with Crippen molar-refractivity contribution in [3.63, 3.8) is 0 Å². The third-order valence-electron chi connectivity index (χ3n) is 15.0. The summed E-state index contributed by atoms with van der Waals surface area (Å²) in [4.78, 5) is 72.0. The highest BCUT2D eigenvalue weighted by atomic mass is 31.2. The van der Waals surface area contributed by atoms with Gasteiger partial charge in [-0.05, 0) is 43.4 Å². The Labute approximate surface area is 486 Å². The number of carbonyl (C=O) groups excluding carboxylic acids is 4. The minimum Gasteiger partial charge on any atom is -0.462 e. The predicted molar refractivity (Wildman–Crippen MR) is 317 cm³/mol. The zero-order chi connectivity index (χ0) is 59.5. The van der Waals surface area contributed by atoms with E-state index in [1.807, 2.05) is 0 Å². The lowest BCUT2D eigenvalue weighted by atomic mass is 9.99. The monoisotopic (exact) mass is 1180 g/mol. The molecule has 0 aliphatic rings. The van der Waals surface area contributed by atoms with Gasteiger partial charge in [0.15, 0.2) is 12.2 Å². The van der Waals surface area contributed by atoms with Crippen molar-refractivity contribution in [3.05, 3.63) is 0 Å². The van der Waals surface area contributed by atoms with E-state index in [2.05, 4.69) is 48.5 Å². The minimum absolute atomic E-state index is 0.102. The van der Waals surface area contributed by atoms with Crippen LogP contribution in [0.15, 0.2) is 0 Å². The third kappa shape index (κ3) is 51.7. The van der Waals surface area contributed by atoms with E-state index in [1.54, 1.807) is 0 Å². The van der Waals surface area contributed by atoms with Crippen LogP contribution in [-0.4, -0.2) is 96.7 Å². The second-order valence-electron chi connectivity index (χ2n) is 22.8. The van der Waals surface area contributed by atoms with Crippen LogP contribution < -0.4 is 0 Å². The first-order valence-corrected chi connectivity index (χ1v) is 35.0. The number of ether oxygens (including phenoxy) is 4. The van der Waals surface area contributed by atoms with Crippen LogP contribution in [-0.2, 0) is 65.4 Å². The number of phosphoric ester groups is 2. The number of phosphoric acid groups is 2. The number of hydrogen-bond donors (Lipinski definition) is 3. The van der Waals surface area contributed by atoms with Gasteiger partial charge < -0.3 is 33.8 Å². The zero-order valence-electron chi connectivity index (χ0n) is 51.5. The molecule has 0 aromatic rings. The van der Waals surface area contributed by atoms with E-state index in [4.69, 9.17) is 37.0 Å². The molecule has 0 rings (SSSR count). The number of rotatable bonds is 59. The molecule has 5 unspecified atom stereocenters. The molecule has 3 N–H and O–H groups in total. The molecule has 0 heterocycles. The molecule has 8 atom stereocenters. The van der Waals surface area contributed by atoms with Crippen molar-refractivity contribution in [2.24, 2.45) is 17.8 Å². The predicted octanol–water partition coefficient (Wildman–Crippen LogP) is 16.3. The third-order valence-corrected chi connectivity index (χ3v) is 16.9. The molecule has 0 bridgehead atoms. The molecule has 0 radical (unpaired) electrons. The lowest BCUT2D eigenvalue weighted by molar-refractivity contribution is -0.161. The molecule has 474 valence electrons. The summed E-state index contributed by atoms with van der Waals surface area (Å²) in [5.74, 6) is 0.0740. The lowest BCUT2D eigenvalue weighted by Gasteiger charge is -2.21. The van der Waals surface area contributed by atoms with E-state index in [0.29, 0.717) is 25.7 Å². The summed E-state index contributed by atoms with van der Waals surface area (Å²) in [7, 11) is -9.88. The van der Waals surface area contributed by atoms with Gasteiger partial charge in [-0.25, -0.2) is 9.13 Å². The van der Waals surface area contributed by atoms with E-state index < -0.39 is 97.5 Å². The van der Waals surface area contributed by atoms with Gasteiger partial charge in [0.25, 0.3) is 0 Å². The van der Waals surface area contributed by atoms with Gasteiger partial charge in [0.1, 0.15) is 19.3 Å². The van der Waals surface area contributed by atoms with Crippen molar-refractivity contribution in [1.82, 2.24) is 0 Å². The molecule has 0 aromatic heterocycles. The molecule has 0 spiro atoms. The first-order chi connectivity index (χ1) is 38.3. The van der Waals surface area contributed by atoms with Crippen LogP contribution in [0.3, 0.4) is 0 Å². The smallest absolute Gasteiger partial charge is 0.462 e. The van der Waals surface area contributed by atoms with Gasteiger partial charge in [-0.2, -0.15) is 0 Å². The summed E-state index contributed by atoms with van der Waals surface area (Å²) < 4.78 is 67.8. The maximum absolute atomic E-state index is 12.9. The molecule has 80 heavy (non-hydrogen) atoms. The molecule has 0 saturated carbocycles. The van der Waals surface area contributed by atoms with E-state index in [-0.39, 0.29) is 25.7 Å². The Kier molecular flexibility index (Phi) is 51.3. The Balaban J connectivity index is 5.26. The van der Waals surface area contributed by atoms with Crippen LogP contribution in [0, 0.1) is 17.8 Å². The first kappa shape index (κ1) is 78.1. The molecule has 0 amide bonds. The van der Waals surface area contributed by atoms with Gasteiger partial charge in [0, 0.05) is 25.7 Å². The van der Waals surface area contributed by atoms with E-state index in [1.165, 1.54) is 89.9 Å². The van der Waals surface area contributed by atoms with E-state index in [0.717, 1.165) is 120 Å². The van der Waals surface area contributed by atoms with Crippen molar-refractivity contribution in [2.45, 2.75) is 311 Å². The topological polar surface area (TPSA) is 237 Å². The van der Waals surface area contributed by atoms with Gasteiger partial charge in [-0.1, -0.05) is 241 Å². The average Bonchev–Trinajstić information content (AvgIpc) is 3.43. The Morgan fingerprint density at radius 1 is 0.350 bits per heavy atom. The molecular weight excluding hydrogens is 1070 g/mol. The summed E-state index contributed by atoms with van der Waals surface area (Å²) in [6.07, 6.45) is 32.1. The minimum atomic E-state index is -4.94. The summed E-state index contributed by atoms with van der Waals surface area (Å²) in [6, 6.07) is 0. The fourth-order valence-electron chi connectivity index (χ4n) is 8.85. The maximum Gasteiger partial charge on any atom is 0.472 e. The van der Waals surface area contributed by atoms with Crippen LogP contribution in [0.4, 0.5) is 0 Å². The van der Waals surface area contributed by atoms with Gasteiger partial charge >= 0.3 is 39.5 Å². The highest BCUT2D eigenvalue weighted by molar-refractivity contribution is 7.47. The van der Waals surface area contributed by atoms with Crippen LogP contribution >= 0.6 is 15.6 Å². The lowest BCUT2D eigenvalue weighted by Crippen LogP contribution is -2.30. The van der Waals surface area contributed by atoms with Crippen LogP contribution in [0.25, 0.3) is 0 Å². The quantitative estimate of drug-likeness (QED) is 0.0222.